The van der Waals surface area contributed by atoms with Gasteiger partial charge in [0.1, 0.15) is 0 Å². The van der Waals surface area contributed by atoms with E-state index in [1.54, 1.807) is 12.1 Å². The van der Waals surface area contributed by atoms with E-state index in [0.29, 0.717) is 5.56 Å². The van der Waals surface area contributed by atoms with E-state index in [0.717, 1.165) is 11.1 Å². The summed E-state index contributed by atoms with van der Waals surface area (Å²) in [6.07, 6.45) is -0.680. The fourth-order valence-electron chi connectivity index (χ4n) is 3.01. The highest BCUT2D eigenvalue weighted by molar-refractivity contribution is 5.96. The summed E-state index contributed by atoms with van der Waals surface area (Å²) in [6.45, 7) is 0. The molecular weight excluding hydrogens is 296 g/mol. The molecule has 0 fully saturated rings. The van der Waals surface area contributed by atoms with Crippen molar-refractivity contribution in [2.45, 2.75) is 18.4 Å². The van der Waals surface area contributed by atoms with Crippen molar-refractivity contribution in [1.29, 1.82) is 0 Å². The van der Waals surface area contributed by atoms with Gasteiger partial charge in [0.2, 0.25) is 0 Å². The quantitative estimate of drug-likeness (QED) is 0.682. The third-order valence-electron chi connectivity index (χ3n) is 4.19. The maximum atomic E-state index is 12.5. The number of hydrogen-bond donors (Lipinski definition) is 1. The molecule has 1 atom stereocenters. The number of hydrogen-bond acceptors (Lipinski definition) is 2. The third-order valence-corrected chi connectivity index (χ3v) is 4.19. The summed E-state index contributed by atoms with van der Waals surface area (Å²) < 4.78 is 0. The molecule has 24 heavy (non-hydrogen) atoms. The van der Waals surface area contributed by atoms with Crippen molar-refractivity contribution in [3.05, 3.63) is 108 Å². The van der Waals surface area contributed by atoms with E-state index in [-0.39, 0.29) is 18.1 Å². The van der Waals surface area contributed by atoms with Gasteiger partial charge < -0.3 is 5.11 Å². The fourth-order valence-corrected chi connectivity index (χ4v) is 3.01. The highest BCUT2D eigenvalue weighted by atomic mass is 16.3. The van der Waals surface area contributed by atoms with Crippen LogP contribution in [-0.2, 0) is 0 Å². The number of Topliss-reactive ketones (excluding diaryl/α,β-unsaturated/α-hetero) is 1. The lowest BCUT2D eigenvalue weighted by Crippen LogP contribution is -2.23. The molecule has 1 N–H and O–H groups in total. The lowest BCUT2D eigenvalue weighted by molar-refractivity contribution is 0.0856. The monoisotopic (exact) mass is 316 g/mol. The van der Waals surface area contributed by atoms with Crippen LogP contribution in [0.1, 0.15) is 33.8 Å². The molecule has 0 spiro atoms. The molecule has 0 saturated carbocycles. The summed E-state index contributed by atoms with van der Waals surface area (Å²) in [5.74, 6) is -0.264. The van der Waals surface area contributed by atoms with Gasteiger partial charge in [-0.15, -0.1) is 0 Å². The number of carbonyl (C=O) groups is 1. The molecule has 0 aromatic heterocycles. The van der Waals surface area contributed by atoms with Gasteiger partial charge in [0, 0.05) is 17.9 Å². The molecule has 0 aliphatic rings. The normalized spacial score (nSPS) is 12.1. The van der Waals surface area contributed by atoms with Crippen LogP contribution in [-0.4, -0.2) is 17.0 Å². The molecule has 2 nitrogen and oxygen atoms in total. The van der Waals surface area contributed by atoms with Gasteiger partial charge in [-0.25, -0.2) is 0 Å². The molecule has 0 amide bonds. The Morgan fingerprint density at radius 3 is 1.58 bits per heavy atom. The Balaban J connectivity index is 1.87. The zero-order chi connectivity index (χ0) is 16.8. The zero-order valence-corrected chi connectivity index (χ0v) is 13.4. The molecule has 3 aromatic carbocycles. The van der Waals surface area contributed by atoms with Gasteiger partial charge in [-0.1, -0.05) is 91.0 Å². The van der Waals surface area contributed by atoms with Crippen LogP contribution >= 0.6 is 0 Å². The van der Waals surface area contributed by atoms with E-state index in [9.17, 15) is 9.90 Å². The Bertz CT molecular complexity index is 727. The fraction of sp³-hybridized carbons (Fsp3) is 0.136. The van der Waals surface area contributed by atoms with Gasteiger partial charge in [0.05, 0.1) is 6.10 Å². The van der Waals surface area contributed by atoms with Crippen LogP contribution in [0.15, 0.2) is 91.0 Å². The lowest BCUT2D eigenvalue weighted by Gasteiger charge is -2.23. The third kappa shape index (κ3) is 3.79. The van der Waals surface area contributed by atoms with E-state index in [1.165, 1.54) is 0 Å². The highest BCUT2D eigenvalue weighted by Gasteiger charge is 2.25. The van der Waals surface area contributed by atoms with Crippen molar-refractivity contribution in [1.82, 2.24) is 0 Å². The van der Waals surface area contributed by atoms with Crippen LogP contribution in [0.25, 0.3) is 0 Å². The average molecular weight is 316 g/mol. The topological polar surface area (TPSA) is 37.3 Å². The maximum absolute atomic E-state index is 12.5. The summed E-state index contributed by atoms with van der Waals surface area (Å²) in [6, 6.07) is 28.8. The molecule has 1 unspecified atom stereocenters. The zero-order valence-electron chi connectivity index (χ0n) is 13.4. The first-order valence-electron chi connectivity index (χ1n) is 8.12. The summed E-state index contributed by atoms with van der Waals surface area (Å²) in [5.41, 5.74) is 2.66. The predicted octanol–water partition coefficient (Wildman–Crippen LogP) is 4.45. The van der Waals surface area contributed by atoms with E-state index in [1.807, 2.05) is 78.9 Å². The van der Waals surface area contributed by atoms with E-state index in [4.69, 9.17) is 0 Å². The van der Waals surface area contributed by atoms with Crippen molar-refractivity contribution in [2.24, 2.45) is 0 Å². The van der Waals surface area contributed by atoms with Crippen LogP contribution in [0.5, 0.6) is 0 Å². The van der Waals surface area contributed by atoms with Gasteiger partial charge in [0.25, 0.3) is 0 Å². The molecule has 0 aliphatic heterocycles. The molecule has 3 rings (SSSR count). The molecule has 0 aliphatic carbocycles. The maximum Gasteiger partial charge on any atom is 0.165 e. The summed E-state index contributed by atoms with van der Waals surface area (Å²) in [7, 11) is 0. The van der Waals surface area contributed by atoms with Crippen LogP contribution < -0.4 is 0 Å². The predicted molar refractivity (Wildman–Crippen MR) is 96.1 cm³/mol. The number of aliphatic hydroxyl groups is 1. The van der Waals surface area contributed by atoms with E-state index < -0.39 is 6.10 Å². The standard InChI is InChI=1S/C22H20O2/c23-20(17-10-4-1-5-11-17)16-21(24)22(18-12-6-2-7-13-18)19-14-8-3-9-15-19/h1-15,21-22,24H,16H2. The Morgan fingerprint density at radius 2 is 1.12 bits per heavy atom. The van der Waals surface area contributed by atoms with Gasteiger partial charge in [-0.3, -0.25) is 4.79 Å². The van der Waals surface area contributed by atoms with Crippen molar-refractivity contribution < 1.29 is 9.90 Å². The van der Waals surface area contributed by atoms with Gasteiger partial charge >= 0.3 is 0 Å². The first-order valence-corrected chi connectivity index (χ1v) is 8.12. The Morgan fingerprint density at radius 1 is 0.708 bits per heavy atom. The molecule has 2 heteroatoms. The Kier molecular flexibility index (Phi) is 5.19. The number of aliphatic hydroxyl groups excluding tert-OH is 1. The van der Waals surface area contributed by atoms with Crippen LogP contribution in [0.2, 0.25) is 0 Å². The first-order chi connectivity index (χ1) is 11.8. The second-order valence-electron chi connectivity index (χ2n) is 5.86. The summed E-state index contributed by atoms with van der Waals surface area (Å²) >= 11 is 0. The molecule has 3 aromatic rings. The van der Waals surface area contributed by atoms with Gasteiger partial charge in [-0.2, -0.15) is 0 Å². The minimum absolute atomic E-state index is 0.0417. The minimum atomic E-state index is -0.775. The minimum Gasteiger partial charge on any atom is -0.392 e. The largest absolute Gasteiger partial charge is 0.392 e. The average Bonchev–Trinajstić information content (AvgIpc) is 2.64. The Hall–Kier alpha value is -2.71. The summed E-state index contributed by atoms with van der Waals surface area (Å²) in [5, 5.41) is 10.8. The van der Waals surface area contributed by atoms with Crippen molar-refractivity contribution in [3.63, 3.8) is 0 Å². The number of carbonyl (C=O) groups excluding carboxylic acids is 1. The lowest BCUT2D eigenvalue weighted by atomic mass is 9.84. The van der Waals surface area contributed by atoms with Crippen molar-refractivity contribution in [2.75, 3.05) is 0 Å². The SMILES string of the molecule is O=C(CC(O)C(c1ccccc1)c1ccccc1)c1ccccc1. The summed E-state index contributed by atoms with van der Waals surface area (Å²) in [4.78, 5) is 12.5. The second kappa shape index (κ2) is 7.71. The first kappa shape index (κ1) is 16.2. The number of ketones is 1. The number of benzene rings is 3. The van der Waals surface area contributed by atoms with Crippen molar-refractivity contribution in [3.8, 4) is 0 Å². The van der Waals surface area contributed by atoms with Gasteiger partial charge in [-0.05, 0) is 11.1 Å². The van der Waals surface area contributed by atoms with Gasteiger partial charge in [0.15, 0.2) is 5.78 Å². The molecule has 0 saturated heterocycles. The van der Waals surface area contributed by atoms with E-state index >= 15 is 0 Å². The molecule has 0 heterocycles. The smallest absolute Gasteiger partial charge is 0.165 e. The number of rotatable bonds is 6. The van der Waals surface area contributed by atoms with Crippen LogP contribution in [0.4, 0.5) is 0 Å². The van der Waals surface area contributed by atoms with E-state index in [2.05, 4.69) is 0 Å². The highest BCUT2D eigenvalue weighted by Crippen LogP contribution is 2.30. The molecule has 0 bridgehead atoms. The molecule has 0 radical (unpaired) electrons. The molecule has 120 valence electrons. The Labute approximate surface area is 142 Å². The van der Waals surface area contributed by atoms with Crippen LogP contribution in [0, 0.1) is 0 Å². The van der Waals surface area contributed by atoms with Crippen molar-refractivity contribution >= 4 is 5.78 Å². The van der Waals surface area contributed by atoms with Crippen LogP contribution in [0.3, 0.4) is 0 Å². The second-order valence-corrected chi connectivity index (χ2v) is 5.86. The molecular formula is C22H20O2.